The van der Waals surface area contributed by atoms with Crippen LogP contribution in [-0.4, -0.2) is 10.9 Å². The number of nitrogens with one attached hydrogen (secondary N) is 2. The lowest BCUT2D eigenvalue weighted by Gasteiger charge is -2.10. The fourth-order valence-electron chi connectivity index (χ4n) is 1.55. The fourth-order valence-corrected chi connectivity index (χ4v) is 2.25. The molecule has 0 bridgehead atoms. The minimum absolute atomic E-state index is 0.264. The number of aryl methyl sites for hydroxylation is 1. The Labute approximate surface area is 131 Å². The van der Waals surface area contributed by atoms with Gasteiger partial charge in [0.1, 0.15) is 5.15 Å². The first-order valence-electron chi connectivity index (χ1n) is 5.61. The highest BCUT2D eigenvalue weighted by atomic mass is 35.5. The topological polar surface area (TPSA) is 54.0 Å². The molecule has 20 heavy (non-hydrogen) atoms. The summed E-state index contributed by atoms with van der Waals surface area (Å²) >= 11 is 17.6. The van der Waals surface area contributed by atoms with Gasteiger partial charge < -0.3 is 0 Å². The number of pyridine rings is 1. The number of aromatic nitrogens is 1. The first-order chi connectivity index (χ1) is 9.45. The third kappa shape index (κ3) is 3.76. The van der Waals surface area contributed by atoms with Crippen molar-refractivity contribution >= 4 is 46.4 Å². The molecule has 2 rings (SSSR count). The zero-order valence-corrected chi connectivity index (χ0v) is 12.6. The summed E-state index contributed by atoms with van der Waals surface area (Å²) in [6.07, 6.45) is 0. The minimum Gasteiger partial charge on any atom is -0.297 e. The zero-order valence-electron chi connectivity index (χ0n) is 10.4. The van der Waals surface area contributed by atoms with Gasteiger partial charge in [-0.3, -0.25) is 15.6 Å². The van der Waals surface area contributed by atoms with Gasteiger partial charge in [0, 0.05) is 16.3 Å². The number of carbonyl (C=O) groups is 1. The van der Waals surface area contributed by atoms with E-state index in [1.165, 1.54) is 6.07 Å². The zero-order chi connectivity index (χ0) is 14.7. The van der Waals surface area contributed by atoms with E-state index >= 15 is 0 Å². The smallest absolute Gasteiger partial charge is 0.269 e. The van der Waals surface area contributed by atoms with E-state index in [-0.39, 0.29) is 11.1 Å². The summed E-state index contributed by atoms with van der Waals surface area (Å²) in [6.45, 7) is 1.76. The lowest BCUT2D eigenvalue weighted by Crippen LogP contribution is -2.29. The Morgan fingerprint density at radius 3 is 2.55 bits per heavy atom. The SMILES string of the molecule is Cc1cc(C(=O)NNc2ccc(Cl)cc2Cl)cc(Cl)n1. The number of amides is 1. The van der Waals surface area contributed by atoms with E-state index in [2.05, 4.69) is 15.8 Å². The van der Waals surface area contributed by atoms with Gasteiger partial charge in [-0.2, -0.15) is 0 Å². The van der Waals surface area contributed by atoms with Crippen molar-refractivity contribution in [2.45, 2.75) is 6.92 Å². The van der Waals surface area contributed by atoms with Gasteiger partial charge in [-0.25, -0.2) is 4.98 Å². The van der Waals surface area contributed by atoms with Gasteiger partial charge >= 0.3 is 0 Å². The fraction of sp³-hybridized carbons (Fsp3) is 0.0769. The molecule has 1 heterocycles. The Bertz CT molecular complexity index is 641. The molecule has 0 spiro atoms. The lowest BCUT2D eigenvalue weighted by atomic mass is 10.2. The molecule has 1 aromatic heterocycles. The quantitative estimate of drug-likeness (QED) is 0.658. The van der Waals surface area contributed by atoms with Crippen LogP contribution in [0.15, 0.2) is 30.3 Å². The molecule has 0 fully saturated rings. The number of rotatable bonds is 3. The van der Waals surface area contributed by atoms with Crippen LogP contribution in [0.5, 0.6) is 0 Å². The number of benzene rings is 1. The van der Waals surface area contributed by atoms with Crippen LogP contribution in [0.2, 0.25) is 15.2 Å². The average molecular weight is 331 g/mol. The van der Waals surface area contributed by atoms with E-state index < -0.39 is 0 Å². The van der Waals surface area contributed by atoms with Gasteiger partial charge in [0.2, 0.25) is 0 Å². The molecular weight excluding hydrogens is 321 g/mol. The van der Waals surface area contributed by atoms with Gasteiger partial charge in [0.15, 0.2) is 0 Å². The van der Waals surface area contributed by atoms with E-state index in [0.717, 1.165) is 0 Å². The van der Waals surface area contributed by atoms with Crippen LogP contribution in [0.25, 0.3) is 0 Å². The van der Waals surface area contributed by atoms with Crippen molar-refractivity contribution in [1.29, 1.82) is 0 Å². The van der Waals surface area contributed by atoms with Crippen LogP contribution >= 0.6 is 34.8 Å². The Hall–Kier alpha value is -1.49. The van der Waals surface area contributed by atoms with Gasteiger partial charge in [-0.05, 0) is 37.3 Å². The molecule has 0 atom stereocenters. The van der Waals surface area contributed by atoms with Crippen LogP contribution in [0.3, 0.4) is 0 Å². The highest BCUT2D eigenvalue weighted by Gasteiger charge is 2.08. The molecule has 0 radical (unpaired) electrons. The van der Waals surface area contributed by atoms with Gasteiger partial charge in [0.25, 0.3) is 5.91 Å². The third-order valence-corrected chi connectivity index (χ3v) is 3.17. The number of halogens is 3. The number of hydrogen-bond donors (Lipinski definition) is 2. The van der Waals surface area contributed by atoms with Crippen molar-refractivity contribution in [3.8, 4) is 0 Å². The van der Waals surface area contributed by atoms with Crippen LogP contribution in [0.4, 0.5) is 5.69 Å². The molecule has 0 unspecified atom stereocenters. The van der Waals surface area contributed by atoms with Crippen molar-refractivity contribution in [2.24, 2.45) is 0 Å². The first kappa shape index (κ1) is 14.9. The Balaban J connectivity index is 2.08. The van der Waals surface area contributed by atoms with E-state index in [0.29, 0.717) is 27.0 Å². The second kappa shape index (κ2) is 6.31. The first-order valence-corrected chi connectivity index (χ1v) is 6.74. The van der Waals surface area contributed by atoms with Gasteiger partial charge in [-0.15, -0.1) is 0 Å². The molecule has 2 N–H and O–H groups in total. The van der Waals surface area contributed by atoms with E-state index in [9.17, 15) is 4.79 Å². The number of hydrogen-bond acceptors (Lipinski definition) is 3. The molecule has 0 saturated heterocycles. The maximum Gasteiger partial charge on any atom is 0.269 e. The van der Waals surface area contributed by atoms with Crippen LogP contribution in [0.1, 0.15) is 16.1 Å². The Morgan fingerprint density at radius 1 is 1.15 bits per heavy atom. The number of carbonyl (C=O) groups excluding carboxylic acids is 1. The highest BCUT2D eigenvalue weighted by Crippen LogP contribution is 2.24. The highest BCUT2D eigenvalue weighted by molar-refractivity contribution is 6.36. The number of hydrazine groups is 1. The van der Waals surface area contributed by atoms with Crippen molar-refractivity contribution in [3.63, 3.8) is 0 Å². The average Bonchev–Trinajstić information content (AvgIpc) is 2.36. The maximum atomic E-state index is 12.0. The monoisotopic (exact) mass is 329 g/mol. The molecule has 1 aromatic carbocycles. The molecule has 0 aliphatic rings. The second-order valence-electron chi connectivity index (χ2n) is 4.02. The molecular formula is C13H10Cl3N3O. The largest absolute Gasteiger partial charge is 0.297 e. The summed E-state index contributed by atoms with van der Waals surface area (Å²) in [6, 6.07) is 8.01. The molecule has 4 nitrogen and oxygen atoms in total. The summed E-state index contributed by atoms with van der Waals surface area (Å²) in [5.41, 5.74) is 6.86. The number of nitrogens with zero attached hydrogens (tertiary/aromatic N) is 1. The molecule has 2 aromatic rings. The molecule has 0 aliphatic carbocycles. The number of anilines is 1. The molecule has 104 valence electrons. The minimum atomic E-state index is -0.344. The summed E-state index contributed by atoms with van der Waals surface area (Å²) in [7, 11) is 0. The van der Waals surface area contributed by atoms with Gasteiger partial charge in [-0.1, -0.05) is 34.8 Å². The van der Waals surface area contributed by atoms with Crippen molar-refractivity contribution < 1.29 is 4.79 Å². The summed E-state index contributed by atoms with van der Waals surface area (Å²) in [4.78, 5) is 16.0. The standard InChI is InChI=1S/C13H10Cl3N3O/c1-7-4-8(5-12(16)17-7)13(20)19-18-11-3-2-9(14)6-10(11)15/h2-6,18H,1H3,(H,19,20). The summed E-state index contributed by atoms with van der Waals surface area (Å²) < 4.78 is 0. The summed E-state index contributed by atoms with van der Waals surface area (Å²) in [5.74, 6) is -0.344. The molecule has 7 heteroatoms. The van der Waals surface area contributed by atoms with Crippen LogP contribution < -0.4 is 10.9 Å². The van der Waals surface area contributed by atoms with Crippen molar-refractivity contribution in [2.75, 3.05) is 5.43 Å². The van der Waals surface area contributed by atoms with Crippen LogP contribution in [0, 0.1) is 6.92 Å². The lowest BCUT2D eigenvalue weighted by molar-refractivity contribution is 0.0962. The van der Waals surface area contributed by atoms with Crippen molar-refractivity contribution in [3.05, 3.63) is 56.8 Å². The van der Waals surface area contributed by atoms with E-state index in [1.807, 2.05) is 0 Å². The van der Waals surface area contributed by atoms with Crippen LogP contribution in [-0.2, 0) is 0 Å². The molecule has 0 aliphatic heterocycles. The maximum absolute atomic E-state index is 12.0. The van der Waals surface area contributed by atoms with Crippen molar-refractivity contribution in [1.82, 2.24) is 10.4 Å². The predicted octanol–water partition coefficient (Wildman–Crippen LogP) is 4.11. The normalized spacial score (nSPS) is 10.2. The molecule has 1 amide bonds. The van der Waals surface area contributed by atoms with E-state index in [4.69, 9.17) is 34.8 Å². The van der Waals surface area contributed by atoms with Gasteiger partial charge in [0.05, 0.1) is 10.7 Å². The second-order valence-corrected chi connectivity index (χ2v) is 5.25. The Morgan fingerprint density at radius 2 is 1.90 bits per heavy atom. The molecule has 0 saturated carbocycles. The Kier molecular flexibility index (Phi) is 4.70. The summed E-state index contributed by atoms with van der Waals surface area (Å²) in [5, 5.41) is 1.19. The van der Waals surface area contributed by atoms with E-state index in [1.54, 1.807) is 31.2 Å². The third-order valence-electron chi connectivity index (χ3n) is 2.43. The predicted molar refractivity (Wildman–Crippen MR) is 81.5 cm³/mol.